The van der Waals surface area contributed by atoms with Gasteiger partial charge in [0.2, 0.25) is 0 Å². The average Bonchev–Trinajstić information content (AvgIpc) is 2.85. The summed E-state index contributed by atoms with van der Waals surface area (Å²) in [5.41, 5.74) is -0.721. The van der Waals surface area contributed by atoms with Crippen LogP contribution in [0.25, 0.3) is 0 Å². The van der Waals surface area contributed by atoms with Crippen LogP contribution in [0.5, 0.6) is 5.75 Å². The summed E-state index contributed by atoms with van der Waals surface area (Å²) in [5, 5.41) is 9.46. The number of aliphatic hydroxyl groups is 1. The molecule has 21 heavy (non-hydrogen) atoms. The number of alkyl halides is 3. The molecule has 0 spiro atoms. The quantitative estimate of drug-likeness (QED) is 0.908. The van der Waals surface area contributed by atoms with E-state index in [0.717, 1.165) is 31.6 Å². The van der Waals surface area contributed by atoms with E-state index in [1.165, 1.54) is 12.1 Å². The molecule has 2 rings (SSSR count). The van der Waals surface area contributed by atoms with Gasteiger partial charge in [-0.05, 0) is 44.1 Å². The maximum Gasteiger partial charge on any atom is 0.416 e. The minimum atomic E-state index is -4.37. The average molecular weight is 303 g/mol. The smallest absolute Gasteiger partial charge is 0.416 e. The first-order valence-corrected chi connectivity index (χ1v) is 6.99. The molecule has 0 aromatic heterocycles. The summed E-state index contributed by atoms with van der Waals surface area (Å²) in [6.07, 6.45) is -3.39. The standard InChI is InChI=1S/C15H20F3NO2/c1-19-6-5-11(8-19)12(9-20)10-21-14-4-2-3-13(7-14)15(16,17)18/h2-4,7,11-12,20H,5-6,8-10H2,1H3. The first-order valence-electron chi connectivity index (χ1n) is 6.99. The summed E-state index contributed by atoms with van der Waals surface area (Å²) in [7, 11) is 2.02. The minimum absolute atomic E-state index is 0.0164. The van der Waals surface area contributed by atoms with Crippen molar-refractivity contribution in [2.24, 2.45) is 11.8 Å². The van der Waals surface area contributed by atoms with Crippen LogP contribution in [-0.4, -0.2) is 43.4 Å². The lowest BCUT2D eigenvalue weighted by Crippen LogP contribution is -2.27. The largest absolute Gasteiger partial charge is 0.493 e. The van der Waals surface area contributed by atoms with Crippen molar-refractivity contribution in [2.75, 3.05) is 33.4 Å². The third kappa shape index (κ3) is 4.35. The molecule has 0 saturated carbocycles. The number of aliphatic hydroxyl groups excluding tert-OH is 1. The highest BCUT2D eigenvalue weighted by atomic mass is 19.4. The van der Waals surface area contributed by atoms with Crippen molar-refractivity contribution in [3.05, 3.63) is 29.8 Å². The Kier molecular flexibility index (Phi) is 5.11. The fourth-order valence-electron chi connectivity index (χ4n) is 2.66. The van der Waals surface area contributed by atoms with Crippen LogP contribution in [-0.2, 0) is 6.18 Å². The fraction of sp³-hybridized carbons (Fsp3) is 0.600. The molecule has 2 atom stereocenters. The molecular weight excluding hydrogens is 283 g/mol. The molecule has 1 aliphatic rings. The van der Waals surface area contributed by atoms with Gasteiger partial charge in [0.15, 0.2) is 0 Å². The summed E-state index contributed by atoms with van der Waals surface area (Å²) in [5.74, 6) is 0.463. The second-order valence-electron chi connectivity index (χ2n) is 5.59. The predicted molar refractivity (Wildman–Crippen MR) is 73.1 cm³/mol. The Morgan fingerprint density at radius 3 is 2.76 bits per heavy atom. The molecule has 1 fully saturated rings. The van der Waals surface area contributed by atoms with E-state index >= 15 is 0 Å². The van der Waals surface area contributed by atoms with Crippen LogP contribution in [0.15, 0.2) is 24.3 Å². The lowest BCUT2D eigenvalue weighted by atomic mass is 9.93. The summed E-state index contributed by atoms with van der Waals surface area (Å²) in [6.45, 7) is 2.08. The first-order chi connectivity index (χ1) is 9.90. The molecule has 1 aliphatic heterocycles. The number of benzene rings is 1. The van der Waals surface area contributed by atoms with E-state index in [9.17, 15) is 18.3 Å². The number of nitrogens with zero attached hydrogens (tertiary/aromatic N) is 1. The monoisotopic (exact) mass is 303 g/mol. The Morgan fingerprint density at radius 1 is 1.43 bits per heavy atom. The van der Waals surface area contributed by atoms with Crippen LogP contribution in [0, 0.1) is 11.8 Å². The second-order valence-corrected chi connectivity index (χ2v) is 5.59. The number of hydrogen-bond acceptors (Lipinski definition) is 3. The molecule has 3 nitrogen and oxygen atoms in total. The van der Waals surface area contributed by atoms with Gasteiger partial charge < -0.3 is 14.7 Å². The first kappa shape index (κ1) is 16.1. The van der Waals surface area contributed by atoms with Crippen LogP contribution < -0.4 is 4.74 Å². The summed E-state index contributed by atoms with van der Waals surface area (Å²) in [6, 6.07) is 4.84. The molecule has 1 N–H and O–H groups in total. The fourth-order valence-corrected chi connectivity index (χ4v) is 2.66. The van der Waals surface area contributed by atoms with Gasteiger partial charge in [0, 0.05) is 19.1 Å². The molecule has 1 heterocycles. The Morgan fingerprint density at radius 2 is 2.19 bits per heavy atom. The van der Waals surface area contributed by atoms with E-state index in [-0.39, 0.29) is 24.9 Å². The Labute approximate surface area is 122 Å². The SMILES string of the molecule is CN1CCC(C(CO)COc2cccc(C(F)(F)F)c2)C1. The van der Waals surface area contributed by atoms with Gasteiger partial charge in [0.25, 0.3) is 0 Å². The molecule has 0 radical (unpaired) electrons. The number of halogens is 3. The Hall–Kier alpha value is -1.27. The molecule has 1 aromatic rings. The van der Waals surface area contributed by atoms with Gasteiger partial charge in [0.1, 0.15) is 5.75 Å². The predicted octanol–water partition coefficient (Wildman–Crippen LogP) is 2.64. The number of rotatable bonds is 5. The molecule has 118 valence electrons. The van der Waals surface area contributed by atoms with Crippen molar-refractivity contribution in [1.82, 2.24) is 4.90 Å². The van der Waals surface area contributed by atoms with E-state index < -0.39 is 11.7 Å². The molecular formula is C15H20F3NO2. The summed E-state index contributed by atoms with van der Waals surface area (Å²) in [4.78, 5) is 2.18. The number of ether oxygens (including phenoxy) is 1. The van der Waals surface area contributed by atoms with Gasteiger partial charge >= 0.3 is 6.18 Å². The zero-order valence-corrected chi connectivity index (χ0v) is 11.9. The second kappa shape index (κ2) is 6.66. The van der Waals surface area contributed by atoms with Crippen molar-refractivity contribution in [3.8, 4) is 5.75 Å². The van der Waals surface area contributed by atoms with Crippen molar-refractivity contribution in [1.29, 1.82) is 0 Å². The van der Waals surface area contributed by atoms with Crippen molar-refractivity contribution in [3.63, 3.8) is 0 Å². The van der Waals surface area contributed by atoms with Crippen molar-refractivity contribution in [2.45, 2.75) is 12.6 Å². The zero-order valence-electron chi connectivity index (χ0n) is 11.9. The van der Waals surface area contributed by atoms with Gasteiger partial charge in [-0.15, -0.1) is 0 Å². The van der Waals surface area contributed by atoms with Crippen LogP contribution in [0.3, 0.4) is 0 Å². The minimum Gasteiger partial charge on any atom is -0.493 e. The summed E-state index contributed by atoms with van der Waals surface area (Å²) < 4.78 is 43.3. The number of likely N-dealkylation sites (tertiary alicyclic amines) is 1. The lowest BCUT2D eigenvalue weighted by Gasteiger charge is -2.22. The van der Waals surface area contributed by atoms with E-state index in [2.05, 4.69) is 4.90 Å². The molecule has 0 bridgehead atoms. The Balaban J connectivity index is 1.95. The van der Waals surface area contributed by atoms with Gasteiger partial charge in [-0.3, -0.25) is 0 Å². The molecule has 0 amide bonds. The van der Waals surface area contributed by atoms with Crippen LogP contribution >= 0.6 is 0 Å². The topological polar surface area (TPSA) is 32.7 Å². The molecule has 1 saturated heterocycles. The van der Waals surface area contributed by atoms with Crippen molar-refractivity contribution >= 4 is 0 Å². The highest BCUT2D eigenvalue weighted by molar-refractivity contribution is 5.30. The highest BCUT2D eigenvalue weighted by Crippen LogP contribution is 2.31. The molecule has 1 aromatic carbocycles. The van der Waals surface area contributed by atoms with Crippen LogP contribution in [0.4, 0.5) is 13.2 Å². The third-order valence-corrected chi connectivity index (χ3v) is 3.95. The van der Waals surface area contributed by atoms with Crippen LogP contribution in [0.1, 0.15) is 12.0 Å². The maximum atomic E-state index is 12.6. The van der Waals surface area contributed by atoms with E-state index in [1.807, 2.05) is 7.05 Å². The maximum absolute atomic E-state index is 12.6. The van der Waals surface area contributed by atoms with E-state index in [1.54, 1.807) is 0 Å². The highest BCUT2D eigenvalue weighted by Gasteiger charge is 2.31. The normalized spacial score (nSPS) is 21.5. The third-order valence-electron chi connectivity index (χ3n) is 3.95. The van der Waals surface area contributed by atoms with E-state index in [0.29, 0.717) is 5.92 Å². The Bertz CT molecular complexity index is 464. The molecule has 6 heteroatoms. The van der Waals surface area contributed by atoms with Gasteiger partial charge in [-0.1, -0.05) is 6.07 Å². The number of hydrogen-bond donors (Lipinski definition) is 1. The van der Waals surface area contributed by atoms with Crippen molar-refractivity contribution < 1.29 is 23.0 Å². The van der Waals surface area contributed by atoms with Gasteiger partial charge in [-0.25, -0.2) is 0 Å². The summed E-state index contributed by atoms with van der Waals surface area (Å²) >= 11 is 0. The lowest BCUT2D eigenvalue weighted by molar-refractivity contribution is -0.137. The van der Waals surface area contributed by atoms with Gasteiger partial charge in [0.05, 0.1) is 12.2 Å². The van der Waals surface area contributed by atoms with Gasteiger partial charge in [-0.2, -0.15) is 13.2 Å². The molecule has 2 unspecified atom stereocenters. The zero-order chi connectivity index (χ0) is 15.5. The molecule has 0 aliphatic carbocycles. The van der Waals surface area contributed by atoms with E-state index in [4.69, 9.17) is 4.74 Å². The van der Waals surface area contributed by atoms with Crippen LogP contribution in [0.2, 0.25) is 0 Å².